The van der Waals surface area contributed by atoms with E-state index in [4.69, 9.17) is 5.73 Å². The molecule has 0 radical (unpaired) electrons. The van der Waals surface area contributed by atoms with Crippen molar-refractivity contribution in [2.45, 2.75) is 46.5 Å². The van der Waals surface area contributed by atoms with Crippen molar-refractivity contribution in [3.8, 4) is 0 Å². The van der Waals surface area contributed by atoms with Crippen LogP contribution in [-0.4, -0.2) is 19.0 Å². The summed E-state index contributed by atoms with van der Waals surface area (Å²) < 4.78 is 0. The standard InChI is InChI=1S/C14H28N2O/c1-4-5-6-11-16-14(17)8-7-13(9-10-15)12(2)3/h4-5,12-13H,6-11,15H2,1-3H3,(H,16,17)/b5-4+. The van der Waals surface area contributed by atoms with Crippen LogP contribution < -0.4 is 11.1 Å². The number of allylic oxidation sites excluding steroid dienone is 1. The van der Waals surface area contributed by atoms with Crippen LogP contribution in [0.1, 0.15) is 46.5 Å². The van der Waals surface area contributed by atoms with Gasteiger partial charge in [0.15, 0.2) is 0 Å². The van der Waals surface area contributed by atoms with Gasteiger partial charge >= 0.3 is 0 Å². The minimum atomic E-state index is 0.164. The Morgan fingerprint density at radius 2 is 2.06 bits per heavy atom. The van der Waals surface area contributed by atoms with Crippen LogP contribution in [0.2, 0.25) is 0 Å². The quantitative estimate of drug-likeness (QED) is 0.480. The third-order valence-electron chi connectivity index (χ3n) is 3.09. The maximum atomic E-state index is 11.6. The summed E-state index contributed by atoms with van der Waals surface area (Å²) in [5.41, 5.74) is 5.58. The summed E-state index contributed by atoms with van der Waals surface area (Å²) in [6.45, 7) is 7.84. The summed E-state index contributed by atoms with van der Waals surface area (Å²) in [5.74, 6) is 1.34. The molecule has 0 aliphatic rings. The lowest BCUT2D eigenvalue weighted by Crippen LogP contribution is -2.25. The molecule has 3 N–H and O–H groups in total. The van der Waals surface area contributed by atoms with Gasteiger partial charge in [0.25, 0.3) is 0 Å². The third kappa shape index (κ3) is 8.93. The van der Waals surface area contributed by atoms with Crippen molar-refractivity contribution in [2.24, 2.45) is 17.6 Å². The lowest BCUT2D eigenvalue weighted by molar-refractivity contribution is -0.121. The molecule has 0 saturated heterocycles. The zero-order chi connectivity index (χ0) is 13.1. The molecule has 0 aromatic rings. The molecule has 0 aliphatic carbocycles. The molecule has 0 heterocycles. The largest absolute Gasteiger partial charge is 0.356 e. The van der Waals surface area contributed by atoms with E-state index < -0.39 is 0 Å². The van der Waals surface area contributed by atoms with Crippen molar-refractivity contribution in [3.05, 3.63) is 12.2 Å². The summed E-state index contributed by atoms with van der Waals surface area (Å²) in [7, 11) is 0. The first kappa shape index (κ1) is 16.2. The number of nitrogens with one attached hydrogen (secondary N) is 1. The molecule has 1 amide bonds. The van der Waals surface area contributed by atoms with Crippen molar-refractivity contribution in [1.82, 2.24) is 5.32 Å². The van der Waals surface area contributed by atoms with Gasteiger partial charge in [0.1, 0.15) is 0 Å². The van der Waals surface area contributed by atoms with Gasteiger partial charge in [-0.2, -0.15) is 0 Å². The maximum absolute atomic E-state index is 11.6. The highest BCUT2D eigenvalue weighted by atomic mass is 16.1. The monoisotopic (exact) mass is 240 g/mol. The number of amides is 1. The smallest absolute Gasteiger partial charge is 0.220 e. The van der Waals surface area contributed by atoms with Crippen LogP contribution in [0, 0.1) is 11.8 Å². The molecular weight excluding hydrogens is 212 g/mol. The SMILES string of the molecule is C/C=C/CCNC(=O)CCC(CCN)C(C)C. The van der Waals surface area contributed by atoms with Crippen molar-refractivity contribution in [1.29, 1.82) is 0 Å². The zero-order valence-corrected chi connectivity index (χ0v) is 11.5. The van der Waals surface area contributed by atoms with Gasteiger partial charge in [-0.05, 0) is 44.6 Å². The van der Waals surface area contributed by atoms with Gasteiger partial charge in [-0.1, -0.05) is 26.0 Å². The Balaban J connectivity index is 3.72. The second-order valence-electron chi connectivity index (χ2n) is 4.83. The predicted octanol–water partition coefficient (Wildman–Crippen LogP) is 2.47. The van der Waals surface area contributed by atoms with Gasteiger partial charge in [-0.3, -0.25) is 4.79 Å². The minimum absolute atomic E-state index is 0.164. The van der Waals surface area contributed by atoms with E-state index in [1.165, 1.54) is 0 Å². The van der Waals surface area contributed by atoms with Gasteiger partial charge in [-0.25, -0.2) is 0 Å². The molecule has 0 rings (SSSR count). The van der Waals surface area contributed by atoms with E-state index in [1.807, 2.05) is 13.0 Å². The normalized spacial score (nSPS) is 13.2. The van der Waals surface area contributed by atoms with Gasteiger partial charge in [0, 0.05) is 13.0 Å². The van der Waals surface area contributed by atoms with Crippen LogP contribution in [0.15, 0.2) is 12.2 Å². The average Bonchev–Trinajstić information content (AvgIpc) is 2.29. The molecule has 100 valence electrons. The molecule has 0 saturated carbocycles. The Bertz CT molecular complexity index is 224. The van der Waals surface area contributed by atoms with Crippen LogP contribution >= 0.6 is 0 Å². The molecule has 17 heavy (non-hydrogen) atoms. The summed E-state index contributed by atoms with van der Waals surface area (Å²) in [5, 5.41) is 2.93. The predicted molar refractivity (Wildman–Crippen MR) is 73.7 cm³/mol. The second-order valence-corrected chi connectivity index (χ2v) is 4.83. The fraction of sp³-hybridized carbons (Fsp3) is 0.786. The highest BCUT2D eigenvalue weighted by molar-refractivity contribution is 5.75. The fourth-order valence-corrected chi connectivity index (χ4v) is 1.89. The molecule has 1 unspecified atom stereocenters. The van der Waals surface area contributed by atoms with E-state index in [1.54, 1.807) is 0 Å². The van der Waals surface area contributed by atoms with Crippen LogP contribution in [0.5, 0.6) is 0 Å². The molecular formula is C14H28N2O. The number of hydrogen-bond donors (Lipinski definition) is 2. The Morgan fingerprint density at radius 3 is 2.59 bits per heavy atom. The van der Waals surface area contributed by atoms with Crippen molar-refractivity contribution in [3.63, 3.8) is 0 Å². The second kappa shape index (κ2) is 10.3. The lowest BCUT2D eigenvalue weighted by Gasteiger charge is -2.19. The Morgan fingerprint density at radius 1 is 1.35 bits per heavy atom. The zero-order valence-electron chi connectivity index (χ0n) is 11.5. The van der Waals surface area contributed by atoms with Crippen molar-refractivity contribution < 1.29 is 4.79 Å². The van der Waals surface area contributed by atoms with E-state index in [0.29, 0.717) is 24.8 Å². The fourth-order valence-electron chi connectivity index (χ4n) is 1.89. The van der Waals surface area contributed by atoms with E-state index in [0.717, 1.165) is 25.8 Å². The first-order chi connectivity index (χ1) is 8.11. The van der Waals surface area contributed by atoms with E-state index in [-0.39, 0.29) is 5.91 Å². The molecule has 0 aliphatic heterocycles. The Hall–Kier alpha value is -0.830. The lowest BCUT2D eigenvalue weighted by atomic mass is 9.88. The Labute approximate surface area is 106 Å². The van der Waals surface area contributed by atoms with E-state index >= 15 is 0 Å². The number of hydrogen-bond acceptors (Lipinski definition) is 2. The average molecular weight is 240 g/mol. The van der Waals surface area contributed by atoms with E-state index in [2.05, 4.69) is 25.2 Å². The summed E-state index contributed by atoms with van der Waals surface area (Å²) in [6.07, 6.45) is 7.57. The topological polar surface area (TPSA) is 55.1 Å². The van der Waals surface area contributed by atoms with E-state index in [9.17, 15) is 4.79 Å². The van der Waals surface area contributed by atoms with Gasteiger partial charge in [0.2, 0.25) is 5.91 Å². The highest BCUT2D eigenvalue weighted by Crippen LogP contribution is 2.20. The van der Waals surface area contributed by atoms with Gasteiger partial charge < -0.3 is 11.1 Å². The number of carbonyl (C=O) groups excluding carboxylic acids is 1. The molecule has 1 atom stereocenters. The van der Waals surface area contributed by atoms with Crippen LogP contribution in [0.4, 0.5) is 0 Å². The molecule has 0 spiro atoms. The van der Waals surface area contributed by atoms with Crippen LogP contribution in [0.25, 0.3) is 0 Å². The molecule has 0 aromatic heterocycles. The molecule has 0 aromatic carbocycles. The maximum Gasteiger partial charge on any atom is 0.220 e. The molecule has 0 bridgehead atoms. The molecule has 0 fully saturated rings. The van der Waals surface area contributed by atoms with Crippen molar-refractivity contribution >= 4 is 5.91 Å². The third-order valence-corrected chi connectivity index (χ3v) is 3.09. The number of rotatable bonds is 9. The summed E-state index contributed by atoms with van der Waals surface area (Å²) >= 11 is 0. The Kier molecular flexibility index (Phi) is 9.83. The van der Waals surface area contributed by atoms with Gasteiger partial charge in [-0.15, -0.1) is 0 Å². The highest BCUT2D eigenvalue weighted by Gasteiger charge is 2.13. The summed E-state index contributed by atoms with van der Waals surface area (Å²) in [6, 6.07) is 0. The number of nitrogens with two attached hydrogens (primary N) is 1. The molecule has 3 heteroatoms. The summed E-state index contributed by atoms with van der Waals surface area (Å²) in [4.78, 5) is 11.6. The molecule has 3 nitrogen and oxygen atoms in total. The number of carbonyl (C=O) groups is 1. The minimum Gasteiger partial charge on any atom is -0.356 e. The van der Waals surface area contributed by atoms with Gasteiger partial charge in [0.05, 0.1) is 0 Å². The van der Waals surface area contributed by atoms with Crippen LogP contribution in [-0.2, 0) is 4.79 Å². The van der Waals surface area contributed by atoms with Crippen molar-refractivity contribution in [2.75, 3.05) is 13.1 Å². The first-order valence-corrected chi connectivity index (χ1v) is 6.69. The van der Waals surface area contributed by atoms with Crippen LogP contribution in [0.3, 0.4) is 0 Å². The first-order valence-electron chi connectivity index (χ1n) is 6.69.